The van der Waals surface area contributed by atoms with Crippen LogP contribution in [0, 0.1) is 0 Å². The lowest BCUT2D eigenvalue weighted by Crippen LogP contribution is -2.36. The summed E-state index contributed by atoms with van der Waals surface area (Å²) in [5, 5.41) is 0.973. The van der Waals surface area contributed by atoms with E-state index in [0.717, 1.165) is 65.4 Å². The molecule has 1 aliphatic heterocycles. The van der Waals surface area contributed by atoms with Crippen LogP contribution in [0.15, 0.2) is 61.2 Å². The average molecular weight is 384 g/mol. The maximum absolute atomic E-state index is 5.85. The highest BCUT2D eigenvalue weighted by atomic mass is 16.5. The summed E-state index contributed by atoms with van der Waals surface area (Å²) in [5.41, 5.74) is 10.6. The van der Waals surface area contributed by atoms with Gasteiger partial charge in [-0.25, -0.2) is 19.9 Å². The molecule has 7 nitrogen and oxygen atoms in total. The van der Waals surface area contributed by atoms with E-state index in [4.69, 9.17) is 10.5 Å². The fraction of sp³-hybridized carbons (Fsp3) is 0.182. The number of hydrogen-bond acceptors (Lipinski definition) is 7. The van der Waals surface area contributed by atoms with Crippen molar-refractivity contribution < 1.29 is 4.74 Å². The topological polar surface area (TPSA) is 90.0 Å². The van der Waals surface area contributed by atoms with Gasteiger partial charge in [-0.05, 0) is 47.5 Å². The number of hydrogen-bond donors (Lipinski definition) is 1. The Morgan fingerprint density at radius 2 is 1.66 bits per heavy atom. The second-order valence-corrected chi connectivity index (χ2v) is 6.93. The molecule has 0 unspecified atom stereocenters. The molecule has 5 rings (SSSR count). The minimum atomic E-state index is 0.495. The molecule has 0 bridgehead atoms. The Hall–Kier alpha value is -3.58. The quantitative estimate of drug-likeness (QED) is 0.580. The van der Waals surface area contributed by atoms with Crippen molar-refractivity contribution in [2.45, 2.75) is 0 Å². The van der Waals surface area contributed by atoms with E-state index in [1.165, 1.54) is 0 Å². The minimum absolute atomic E-state index is 0.495. The Morgan fingerprint density at radius 1 is 0.828 bits per heavy atom. The summed E-state index contributed by atoms with van der Waals surface area (Å²) in [5.74, 6) is 1.46. The second kappa shape index (κ2) is 7.44. The van der Waals surface area contributed by atoms with Gasteiger partial charge in [0.05, 0.1) is 24.4 Å². The van der Waals surface area contributed by atoms with E-state index < -0.39 is 0 Å². The van der Waals surface area contributed by atoms with Crippen molar-refractivity contribution in [3.8, 4) is 22.4 Å². The van der Waals surface area contributed by atoms with Crippen molar-refractivity contribution in [1.82, 2.24) is 19.9 Å². The molecule has 1 aliphatic rings. The van der Waals surface area contributed by atoms with Crippen LogP contribution < -0.4 is 10.6 Å². The van der Waals surface area contributed by atoms with Gasteiger partial charge in [-0.3, -0.25) is 0 Å². The van der Waals surface area contributed by atoms with E-state index in [9.17, 15) is 0 Å². The van der Waals surface area contributed by atoms with E-state index in [1.807, 2.05) is 36.5 Å². The van der Waals surface area contributed by atoms with Crippen molar-refractivity contribution in [2.75, 3.05) is 36.9 Å². The second-order valence-electron chi connectivity index (χ2n) is 6.93. The summed E-state index contributed by atoms with van der Waals surface area (Å²) in [7, 11) is 0. The van der Waals surface area contributed by atoms with Crippen LogP contribution in [0.3, 0.4) is 0 Å². The van der Waals surface area contributed by atoms with Gasteiger partial charge in [0.25, 0.3) is 0 Å². The number of benzene rings is 1. The van der Waals surface area contributed by atoms with Crippen LogP contribution in [0.5, 0.6) is 0 Å². The van der Waals surface area contributed by atoms with Gasteiger partial charge in [-0.1, -0.05) is 6.07 Å². The van der Waals surface area contributed by atoms with E-state index in [1.54, 1.807) is 12.5 Å². The fourth-order valence-electron chi connectivity index (χ4n) is 3.60. The number of morpholine rings is 1. The summed E-state index contributed by atoms with van der Waals surface area (Å²) in [6.45, 7) is 3.20. The monoisotopic (exact) mass is 384 g/mol. The maximum Gasteiger partial charge on any atom is 0.128 e. The summed E-state index contributed by atoms with van der Waals surface area (Å²) in [6.07, 6.45) is 5.19. The zero-order valence-electron chi connectivity index (χ0n) is 15.8. The lowest BCUT2D eigenvalue weighted by atomic mass is 10.0. The lowest BCUT2D eigenvalue weighted by Gasteiger charge is -2.27. The molecule has 2 N–H and O–H groups in total. The number of fused-ring (bicyclic) bond motifs is 1. The van der Waals surface area contributed by atoms with Crippen LogP contribution in [0.4, 0.5) is 11.6 Å². The molecule has 1 saturated heterocycles. The van der Waals surface area contributed by atoms with Crippen molar-refractivity contribution in [2.24, 2.45) is 0 Å². The fourth-order valence-corrected chi connectivity index (χ4v) is 3.60. The molecule has 7 heteroatoms. The Bertz CT molecular complexity index is 1160. The van der Waals surface area contributed by atoms with Gasteiger partial charge in [0, 0.05) is 36.4 Å². The Kier molecular flexibility index (Phi) is 4.50. The van der Waals surface area contributed by atoms with Crippen molar-refractivity contribution in [3.63, 3.8) is 0 Å². The predicted molar refractivity (Wildman–Crippen MR) is 113 cm³/mol. The molecule has 29 heavy (non-hydrogen) atoms. The first-order valence-corrected chi connectivity index (χ1v) is 9.54. The number of nitrogen functional groups attached to an aromatic ring is 1. The first-order chi connectivity index (χ1) is 14.3. The molecule has 0 amide bonds. The zero-order chi connectivity index (χ0) is 19.6. The molecule has 144 valence electrons. The number of rotatable bonds is 3. The van der Waals surface area contributed by atoms with Crippen LogP contribution in [0.25, 0.3) is 33.3 Å². The standard InChI is InChI=1S/C22H20N6O/c23-20-12-16(5-6-24-20)15-1-3-19-18(11-15)22(27-14-26-19)17-2-4-21(25-13-17)28-7-9-29-10-8-28/h1-6,11-14H,7-10H2,(H2,23,24). The number of pyridine rings is 2. The van der Waals surface area contributed by atoms with Gasteiger partial charge in [0.1, 0.15) is 18.0 Å². The normalized spacial score (nSPS) is 14.3. The number of nitrogens with zero attached hydrogens (tertiary/aromatic N) is 5. The van der Waals surface area contributed by atoms with Gasteiger partial charge in [-0.15, -0.1) is 0 Å². The Balaban J connectivity index is 1.55. The summed E-state index contributed by atoms with van der Waals surface area (Å²) in [4.78, 5) is 19.9. The van der Waals surface area contributed by atoms with Crippen molar-refractivity contribution >= 4 is 22.5 Å². The van der Waals surface area contributed by atoms with Crippen LogP contribution in [0.2, 0.25) is 0 Å². The summed E-state index contributed by atoms with van der Waals surface area (Å²) < 4.78 is 5.42. The van der Waals surface area contributed by atoms with Crippen molar-refractivity contribution in [3.05, 3.63) is 61.2 Å². The van der Waals surface area contributed by atoms with Crippen LogP contribution in [0.1, 0.15) is 0 Å². The first kappa shape index (κ1) is 17.5. The number of nitrogens with two attached hydrogens (primary N) is 1. The van der Waals surface area contributed by atoms with Gasteiger partial charge in [0.2, 0.25) is 0 Å². The summed E-state index contributed by atoms with van der Waals surface area (Å²) in [6, 6.07) is 14.0. The highest BCUT2D eigenvalue weighted by molar-refractivity contribution is 5.95. The maximum atomic E-state index is 5.85. The molecular formula is C22H20N6O. The smallest absolute Gasteiger partial charge is 0.128 e. The first-order valence-electron chi connectivity index (χ1n) is 9.54. The molecule has 4 heterocycles. The predicted octanol–water partition coefficient (Wildman–Crippen LogP) is 3.17. The molecule has 0 saturated carbocycles. The SMILES string of the molecule is Nc1cc(-c2ccc3ncnc(-c4ccc(N5CCOCC5)nc4)c3c2)ccn1. The van der Waals surface area contributed by atoms with Crippen LogP contribution in [-0.4, -0.2) is 46.2 Å². The van der Waals surface area contributed by atoms with Crippen LogP contribution in [-0.2, 0) is 4.74 Å². The highest BCUT2D eigenvalue weighted by Crippen LogP contribution is 2.30. The third-order valence-electron chi connectivity index (χ3n) is 5.11. The molecule has 1 fully saturated rings. The minimum Gasteiger partial charge on any atom is -0.384 e. The zero-order valence-corrected chi connectivity index (χ0v) is 15.8. The summed E-state index contributed by atoms with van der Waals surface area (Å²) >= 11 is 0. The molecule has 0 spiro atoms. The third-order valence-corrected chi connectivity index (χ3v) is 5.11. The Morgan fingerprint density at radius 3 is 2.45 bits per heavy atom. The molecule has 4 aromatic rings. The molecule has 0 radical (unpaired) electrons. The molecule has 1 aromatic carbocycles. The molecule has 0 atom stereocenters. The largest absolute Gasteiger partial charge is 0.384 e. The average Bonchev–Trinajstić information content (AvgIpc) is 2.79. The highest BCUT2D eigenvalue weighted by Gasteiger charge is 2.14. The van der Waals surface area contributed by atoms with E-state index in [-0.39, 0.29) is 0 Å². The number of ether oxygens (including phenoxy) is 1. The molecule has 0 aliphatic carbocycles. The van der Waals surface area contributed by atoms with E-state index in [2.05, 4.69) is 37.0 Å². The van der Waals surface area contributed by atoms with Gasteiger partial charge in [-0.2, -0.15) is 0 Å². The lowest BCUT2D eigenvalue weighted by molar-refractivity contribution is 0.122. The van der Waals surface area contributed by atoms with Gasteiger partial charge >= 0.3 is 0 Å². The number of aromatic nitrogens is 4. The Labute approximate surface area is 168 Å². The third kappa shape index (κ3) is 3.48. The molecule has 3 aromatic heterocycles. The number of anilines is 2. The van der Waals surface area contributed by atoms with E-state index in [0.29, 0.717) is 5.82 Å². The van der Waals surface area contributed by atoms with Gasteiger partial charge < -0.3 is 15.4 Å². The van der Waals surface area contributed by atoms with Crippen LogP contribution >= 0.6 is 0 Å². The van der Waals surface area contributed by atoms with Crippen molar-refractivity contribution in [1.29, 1.82) is 0 Å². The van der Waals surface area contributed by atoms with E-state index >= 15 is 0 Å². The van der Waals surface area contributed by atoms with Gasteiger partial charge in [0.15, 0.2) is 0 Å². The molecular weight excluding hydrogens is 364 g/mol.